The summed E-state index contributed by atoms with van der Waals surface area (Å²) >= 11 is 0. The number of benzene rings is 1. The maximum Gasteiger partial charge on any atom is 0.161 e. The van der Waals surface area contributed by atoms with Crippen LogP contribution in [0.1, 0.15) is 18.9 Å². The zero-order valence-corrected chi connectivity index (χ0v) is 10.4. The minimum Gasteiger partial charge on any atom is -0.490 e. The van der Waals surface area contributed by atoms with E-state index >= 15 is 0 Å². The Balaban J connectivity index is 2.62. The summed E-state index contributed by atoms with van der Waals surface area (Å²) in [6.45, 7) is 3.76. The molecule has 17 heavy (non-hydrogen) atoms. The second kappa shape index (κ2) is 7.92. The van der Waals surface area contributed by atoms with Gasteiger partial charge in [0.2, 0.25) is 0 Å². The van der Waals surface area contributed by atoms with E-state index in [0.717, 1.165) is 12.0 Å². The molecule has 0 unspecified atom stereocenters. The highest BCUT2D eigenvalue weighted by Crippen LogP contribution is 2.28. The predicted molar refractivity (Wildman–Crippen MR) is 65.5 cm³/mol. The van der Waals surface area contributed by atoms with Crippen molar-refractivity contribution < 1.29 is 19.3 Å². The third kappa shape index (κ3) is 4.63. The van der Waals surface area contributed by atoms with Gasteiger partial charge in [0, 0.05) is 20.1 Å². The van der Waals surface area contributed by atoms with Crippen molar-refractivity contribution >= 4 is 0 Å². The van der Waals surface area contributed by atoms with Crippen LogP contribution < -0.4 is 9.47 Å². The standard InChI is InChI=1S/C13H20O4/c1-3-16-13-9-11(10-14)5-6-12(13)17-8-4-7-15-2/h5-6,9,14H,3-4,7-8,10H2,1-2H3. The van der Waals surface area contributed by atoms with E-state index < -0.39 is 0 Å². The molecule has 0 atom stereocenters. The molecular weight excluding hydrogens is 220 g/mol. The summed E-state index contributed by atoms with van der Waals surface area (Å²) in [7, 11) is 1.67. The van der Waals surface area contributed by atoms with Gasteiger partial charge in [-0.1, -0.05) is 6.07 Å². The zero-order chi connectivity index (χ0) is 12.5. The zero-order valence-electron chi connectivity index (χ0n) is 10.4. The molecule has 0 saturated heterocycles. The fourth-order valence-electron chi connectivity index (χ4n) is 1.42. The van der Waals surface area contributed by atoms with Gasteiger partial charge >= 0.3 is 0 Å². The first-order valence-electron chi connectivity index (χ1n) is 5.80. The first kappa shape index (κ1) is 13.8. The second-order valence-corrected chi connectivity index (χ2v) is 3.57. The maximum absolute atomic E-state index is 9.05. The van der Waals surface area contributed by atoms with E-state index in [1.807, 2.05) is 19.1 Å². The van der Waals surface area contributed by atoms with E-state index in [1.54, 1.807) is 13.2 Å². The molecule has 0 radical (unpaired) electrons. The molecule has 0 amide bonds. The van der Waals surface area contributed by atoms with Crippen molar-refractivity contribution in [2.45, 2.75) is 20.0 Å². The number of aliphatic hydroxyl groups is 1. The summed E-state index contributed by atoms with van der Waals surface area (Å²) < 4.78 is 16.0. The number of methoxy groups -OCH3 is 1. The van der Waals surface area contributed by atoms with E-state index in [0.29, 0.717) is 31.3 Å². The van der Waals surface area contributed by atoms with Crippen LogP contribution in [-0.4, -0.2) is 32.0 Å². The molecule has 1 rings (SSSR count). The van der Waals surface area contributed by atoms with Crippen LogP contribution in [0, 0.1) is 0 Å². The van der Waals surface area contributed by atoms with E-state index in [4.69, 9.17) is 19.3 Å². The topological polar surface area (TPSA) is 47.9 Å². The van der Waals surface area contributed by atoms with Crippen LogP contribution in [-0.2, 0) is 11.3 Å². The first-order valence-corrected chi connectivity index (χ1v) is 5.80. The molecule has 0 bridgehead atoms. The molecule has 0 aromatic heterocycles. The Morgan fingerprint density at radius 2 is 1.94 bits per heavy atom. The maximum atomic E-state index is 9.05. The summed E-state index contributed by atoms with van der Waals surface area (Å²) in [4.78, 5) is 0. The average Bonchev–Trinajstić information content (AvgIpc) is 2.36. The van der Waals surface area contributed by atoms with E-state index in [1.165, 1.54) is 0 Å². The van der Waals surface area contributed by atoms with Crippen LogP contribution in [0.15, 0.2) is 18.2 Å². The van der Waals surface area contributed by atoms with E-state index in [2.05, 4.69) is 0 Å². The summed E-state index contributed by atoms with van der Waals surface area (Å²) in [5.74, 6) is 1.39. The molecule has 96 valence electrons. The Morgan fingerprint density at radius 3 is 2.59 bits per heavy atom. The Kier molecular flexibility index (Phi) is 6.43. The average molecular weight is 240 g/mol. The molecule has 0 heterocycles. The van der Waals surface area contributed by atoms with Crippen molar-refractivity contribution in [1.82, 2.24) is 0 Å². The van der Waals surface area contributed by atoms with Crippen molar-refractivity contribution in [2.75, 3.05) is 26.9 Å². The van der Waals surface area contributed by atoms with Crippen molar-refractivity contribution in [2.24, 2.45) is 0 Å². The lowest BCUT2D eigenvalue weighted by Crippen LogP contribution is -2.04. The normalized spacial score (nSPS) is 10.3. The Bertz CT molecular complexity index is 325. The number of aliphatic hydroxyl groups excluding tert-OH is 1. The predicted octanol–water partition coefficient (Wildman–Crippen LogP) is 1.99. The molecule has 0 aliphatic carbocycles. The fraction of sp³-hybridized carbons (Fsp3) is 0.538. The first-order chi connectivity index (χ1) is 8.31. The summed E-state index contributed by atoms with van der Waals surface area (Å²) in [5, 5.41) is 9.05. The number of hydrogen-bond donors (Lipinski definition) is 1. The van der Waals surface area contributed by atoms with Gasteiger partial charge in [-0.3, -0.25) is 0 Å². The van der Waals surface area contributed by atoms with Crippen molar-refractivity contribution in [3.8, 4) is 11.5 Å². The molecule has 1 aromatic rings. The fourth-order valence-corrected chi connectivity index (χ4v) is 1.42. The lowest BCUT2D eigenvalue weighted by Gasteiger charge is -2.12. The molecule has 0 fully saturated rings. The van der Waals surface area contributed by atoms with Crippen LogP contribution in [0.5, 0.6) is 11.5 Å². The Hall–Kier alpha value is -1.26. The van der Waals surface area contributed by atoms with Gasteiger partial charge in [0.05, 0.1) is 19.8 Å². The molecule has 0 saturated carbocycles. The quantitative estimate of drug-likeness (QED) is 0.706. The van der Waals surface area contributed by atoms with Gasteiger partial charge in [-0.15, -0.1) is 0 Å². The van der Waals surface area contributed by atoms with Gasteiger partial charge in [-0.2, -0.15) is 0 Å². The minimum absolute atomic E-state index is 0.00400. The third-order valence-corrected chi connectivity index (χ3v) is 2.24. The lowest BCUT2D eigenvalue weighted by atomic mass is 10.2. The summed E-state index contributed by atoms with van der Waals surface area (Å²) in [6, 6.07) is 5.45. The van der Waals surface area contributed by atoms with Gasteiger partial charge in [0.1, 0.15) is 0 Å². The largest absolute Gasteiger partial charge is 0.490 e. The van der Waals surface area contributed by atoms with Crippen LogP contribution in [0.4, 0.5) is 0 Å². The number of hydrogen-bond acceptors (Lipinski definition) is 4. The summed E-state index contributed by atoms with van der Waals surface area (Å²) in [5.41, 5.74) is 0.817. The Morgan fingerprint density at radius 1 is 1.12 bits per heavy atom. The lowest BCUT2D eigenvalue weighted by molar-refractivity contribution is 0.170. The highest BCUT2D eigenvalue weighted by atomic mass is 16.5. The van der Waals surface area contributed by atoms with E-state index in [-0.39, 0.29) is 6.61 Å². The van der Waals surface area contributed by atoms with Crippen molar-refractivity contribution in [1.29, 1.82) is 0 Å². The van der Waals surface area contributed by atoms with Crippen LogP contribution in [0.25, 0.3) is 0 Å². The molecule has 0 spiro atoms. The monoisotopic (exact) mass is 240 g/mol. The van der Waals surface area contributed by atoms with Crippen LogP contribution in [0.2, 0.25) is 0 Å². The number of rotatable bonds is 8. The van der Waals surface area contributed by atoms with Gasteiger partial charge < -0.3 is 19.3 Å². The molecule has 0 aliphatic rings. The van der Waals surface area contributed by atoms with Gasteiger partial charge in [-0.05, 0) is 24.6 Å². The SMILES string of the molecule is CCOc1cc(CO)ccc1OCCCOC. The molecule has 1 aromatic carbocycles. The van der Waals surface area contributed by atoms with Crippen LogP contribution >= 0.6 is 0 Å². The molecule has 4 heteroatoms. The van der Waals surface area contributed by atoms with Gasteiger partial charge in [-0.25, -0.2) is 0 Å². The van der Waals surface area contributed by atoms with E-state index in [9.17, 15) is 0 Å². The van der Waals surface area contributed by atoms with Crippen molar-refractivity contribution in [3.05, 3.63) is 23.8 Å². The Labute approximate surface area is 102 Å². The second-order valence-electron chi connectivity index (χ2n) is 3.57. The van der Waals surface area contributed by atoms with Gasteiger partial charge in [0.25, 0.3) is 0 Å². The minimum atomic E-state index is 0.00400. The van der Waals surface area contributed by atoms with Crippen LogP contribution in [0.3, 0.4) is 0 Å². The molecule has 4 nitrogen and oxygen atoms in total. The smallest absolute Gasteiger partial charge is 0.161 e. The van der Waals surface area contributed by atoms with Crippen molar-refractivity contribution in [3.63, 3.8) is 0 Å². The third-order valence-electron chi connectivity index (χ3n) is 2.24. The van der Waals surface area contributed by atoms with Gasteiger partial charge in [0.15, 0.2) is 11.5 Å². The molecular formula is C13H20O4. The summed E-state index contributed by atoms with van der Waals surface area (Å²) in [6.07, 6.45) is 0.837. The number of ether oxygens (including phenoxy) is 3. The molecule has 1 N–H and O–H groups in total. The highest BCUT2D eigenvalue weighted by molar-refractivity contribution is 5.42. The highest BCUT2D eigenvalue weighted by Gasteiger charge is 2.05. The molecule has 0 aliphatic heterocycles.